The van der Waals surface area contributed by atoms with Crippen molar-refractivity contribution in [2.75, 3.05) is 57.4 Å². The number of rotatable bonds is 7. The molecule has 46 heavy (non-hydrogen) atoms. The van der Waals surface area contributed by atoms with E-state index in [-0.39, 0.29) is 34.1 Å². The van der Waals surface area contributed by atoms with E-state index < -0.39 is 50.2 Å². The number of alkyl halides is 4. The zero-order chi connectivity index (χ0) is 34.0. The molecule has 250 valence electrons. The van der Waals surface area contributed by atoms with Gasteiger partial charge in [-0.2, -0.15) is 13.2 Å². The molecule has 0 saturated carbocycles. The number of anilines is 2. The third-order valence-corrected chi connectivity index (χ3v) is 9.79. The average Bonchev–Trinajstić information content (AvgIpc) is 3.28. The van der Waals surface area contributed by atoms with Gasteiger partial charge in [-0.05, 0) is 64.6 Å². The standard InChI is InChI=1S/C31H38F4N5O4PS/c1-30(2,3)40(27-28(43-5)38-25(17-36-27)45(6,7)42)29(41)44-15-9-12-24-20(16-31(33,34)35)19-10-8-11-23(26(19)46-24)37-22-13-14-39(4)18-21(22)32/h8,10-11,17,21-22,37H,13-16,18H2,1-7H3/t21-,22+/m0/s1. The first-order valence-corrected chi connectivity index (χ1v) is 17.9. The molecule has 0 radical (unpaired) electrons. The topological polar surface area (TPSA) is 96.9 Å². The van der Waals surface area contributed by atoms with Gasteiger partial charge in [0.05, 0.1) is 41.0 Å². The van der Waals surface area contributed by atoms with Crippen LogP contribution in [0.4, 0.5) is 33.9 Å². The maximum atomic E-state index is 14.8. The van der Waals surface area contributed by atoms with Crippen LogP contribution in [0.25, 0.3) is 10.1 Å². The summed E-state index contributed by atoms with van der Waals surface area (Å²) in [4.78, 5) is 25.2. The number of nitrogens with one attached hydrogen (secondary N) is 1. The van der Waals surface area contributed by atoms with E-state index in [9.17, 15) is 26.9 Å². The summed E-state index contributed by atoms with van der Waals surface area (Å²) in [5.41, 5.74) is -0.0758. The molecule has 1 aliphatic rings. The van der Waals surface area contributed by atoms with E-state index in [1.54, 1.807) is 39.0 Å². The van der Waals surface area contributed by atoms with E-state index in [1.165, 1.54) is 31.5 Å². The minimum Gasteiger partial charge on any atom is -0.478 e. The molecular formula is C31H38F4N5O4PS. The van der Waals surface area contributed by atoms with Crippen molar-refractivity contribution in [3.63, 3.8) is 0 Å². The molecule has 2 atom stereocenters. The molecular weight excluding hydrogens is 645 g/mol. The van der Waals surface area contributed by atoms with Crippen LogP contribution in [-0.4, -0.2) is 92.1 Å². The minimum absolute atomic E-state index is 0.00992. The van der Waals surface area contributed by atoms with Crippen LogP contribution in [0.15, 0.2) is 24.4 Å². The minimum atomic E-state index is -4.50. The highest BCUT2D eigenvalue weighted by Gasteiger charge is 2.35. The van der Waals surface area contributed by atoms with Gasteiger partial charge in [0.1, 0.15) is 18.7 Å². The lowest BCUT2D eigenvalue weighted by Gasteiger charge is -2.33. The molecule has 0 bridgehead atoms. The fourth-order valence-corrected chi connectivity index (χ4v) is 6.88. The summed E-state index contributed by atoms with van der Waals surface area (Å²) in [5.74, 6) is 5.47. The number of amides is 1. The molecule has 3 heterocycles. The van der Waals surface area contributed by atoms with Gasteiger partial charge in [0.15, 0.2) is 6.61 Å². The highest BCUT2D eigenvalue weighted by atomic mass is 32.1. The Bertz CT molecular complexity index is 1690. The molecule has 1 N–H and O–H groups in total. The summed E-state index contributed by atoms with van der Waals surface area (Å²) in [6.07, 6.45) is -5.79. The number of piperidine rings is 1. The third kappa shape index (κ3) is 8.49. The van der Waals surface area contributed by atoms with Crippen LogP contribution in [0.3, 0.4) is 0 Å². The Morgan fingerprint density at radius 2 is 1.98 bits per heavy atom. The van der Waals surface area contributed by atoms with Gasteiger partial charge < -0.3 is 24.3 Å². The summed E-state index contributed by atoms with van der Waals surface area (Å²) in [6.45, 7) is 8.82. The lowest BCUT2D eigenvalue weighted by Crippen LogP contribution is -2.47. The highest BCUT2D eigenvalue weighted by molar-refractivity contribution is 7.69. The molecule has 1 aromatic carbocycles. The van der Waals surface area contributed by atoms with E-state index in [1.807, 2.05) is 11.9 Å². The van der Waals surface area contributed by atoms with Crippen LogP contribution in [0, 0.1) is 11.8 Å². The predicted molar refractivity (Wildman–Crippen MR) is 174 cm³/mol. The van der Waals surface area contributed by atoms with Crippen molar-refractivity contribution in [2.24, 2.45) is 0 Å². The van der Waals surface area contributed by atoms with Crippen LogP contribution in [0.2, 0.25) is 0 Å². The summed E-state index contributed by atoms with van der Waals surface area (Å²) in [6, 6.07) is 4.50. The number of ether oxygens (including phenoxy) is 2. The molecule has 0 unspecified atom stereocenters. The van der Waals surface area contributed by atoms with Crippen molar-refractivity contribution in [3.8, 4) is 17.7 Å². The van der Waals surface area contributed by atoms with E-state index in [0.29, 0.717) is 28.7 Å². The lowest BCUT2D eigenvalue weighted by molar-refractivity contribution is -0.126. The second kappa shape index (κ2) is 13.8. The van der Waals surface area contributed by atoms with E-state index in [2.05, 4.69) is 27.1 Å². The van der Waals surface area contributed by atoms with E-state index in [0.717, 1.165) is 11.3 Å². The maximum absolute atomic E-state index is 14.8. The van der Waals surface area contributed by atoms with Crippen LogP contribution < -0.4 is 20.4 Å². The fourth-order valence-electron chi connectivity index (χ4n) is 5.04. The molecule has 4 rings (SSSR count). The number of aromatic nitrogens is 2. The van der Waals surface area contributed by atoms with Crippen molar-refractivity contribution >= 4 is 51.6 Å². The molecule has 3 aromatic rings. The number of fused-ring (bicyclic) bond motifs is 1. The maximum Gasteiger partial charge on any atom is 0.417 e. The third-order valence-electron chi connectivity index (χ3n) is 7.27. The first-order valence-electron chi connectivity index (χ1n) is 14.5. The fraction of sp³-hybridized carbons (Fsp3) is 0.516. The second-order valence-corrected chi connectivity index (χ2v) is 16.7. The van der Waals surface area contributed by atoms with Crippen LogP contribution in [0.5, 0.6) is 5.88 Å². The Hall–Kier alpha value is -3.40. The Morgan fingerprint density at radius 3 is 2.59 bits per heavy atom. The lowest BCUT2D eigenvalue weighted by atomic mass is 10.0. The van der Waals surface area contributed by atoms with Crippen LogP contribution in [0.1, 0.15) is 37.6 Å². The molecule has 9 nitrogen and oxygen atoms in total. The highest BCUT2D eigenvalue weighted by Crippen LogP contribution is 2.40. The van der Waals surface area contributed by atoms with Gasteiger partial charge in [-0.3, -0.25) is 4.90 Å². The second-order valence-electron chi connectivity index (χ2n) is 12.5. The molecule has 1 aliphatic heterocycles. The smallest absolute Gasteiger partial charge is 0.417 e. The molecule has 0 spiro atoms. The van der Waals surface area contributed by atoms with Crippen molar-refractivity contribution in [2.45, 2.75) is 57.5 Å². The average molecular weight is 684 g/mol. The Kier molecular flexibility index (Phi) is 10.6. The number of thiophene rings is 1. The molecule has 0 aliphatic carbocycles. The number of halogens is 4. The van der Waals surface area contributed by atoms with Crippen molar-refractivity contribution in [1.29, 1.82) is 0 Å². The van der Waals surface area contributed by atoms with Crippen molar-refractivity contribution in [1.82, 2.24) is 14.9 Å². The quantitative estimate of drug-likeness (QED) is 0.176. The molecule has 15 heteroatoms. The van der Waals surface area contributed by atoms with Crippen molar-refractivity contribution in [3.05, 3.63) is 34.8 Å². The molecule has 1 fully saturated rings. The summed E-state index contributed by atoms with van der Waals surface area (Å²) < 4.78 is 79.6. The number of benzene rings is 1. The normalized spacial score (nSPS) is 17.7. The van der Waals surface area contributed by atoms with Gasteiger partial charge in [0.2, 0.25) is 5.82 Å². The Balaban J connectivity index is 1.61. The first kappa shape index (κ1) is 35.5. The largest absolute Gasteiger partial charge is 0.478 e. The first-order chi connectivity index (χ1) is 21.4. The van der Waals surface area contributed by atoms with Gasteiger partial charge in [-0.15, -0.1) is 11.3 Å². The number of methoxy groups -OCH3 is 1. The van der Waals surface area contributed by atoms with Gasteiger partial charge in [-0.1, -0.05) is 24.0 Å². The number of carbonyl (C=O) groups is 1. The van der Waals surface area contributed by atoms with Gasteiger partial charge >= 0.3 is 12.3 Å². The number of hydrogen-bond acceptors (Lipinski definition) is 9. The van der Waals surface area contributed by atoms with Crippen LogP contribution >= 0.6 is 18.5 Å². The number of nitrogens with zero attached hydrogens (tertiary/aromatic N) is 4. The van der Waals surface area contributed by atoms with Gasteiger partial charge in [0, 0.05) is 18.6 Å². The number of carbonyl (C=O) groups excluding carboxylic acids is 1. The monoisotopic (exact) mass is 683 g/mol. The molecule has 1 amide bonds. The Labute approximate surface area is 270 Å². The summed E-state index contributed by atoms with van der Waals surface area (Å²) >= 11 is 1.08. The summed E-state index contributed by atoms with van der Waals surface area (Å²) in [5, 5.41) is 3.59. The van der Waals surface area contributed by atoms with Gasteiger partial charge in [0.25, 0.3) is 5.88 Å². The number of likely N-dealkylation sites (tertiary alicyclic amines) is 1. The zero-order valence-electron chi connectivity index (χ0n) is 26.8. The summed E-state index contributed by atoms with van der Waals surface area (Å²) in [7, 11) is 0.420. The Morgan fingerprint density at radius 1 is 1.26 bits per heavy atom. The van der Waals surface area contributed by atoms with E-state index >= 15 is 0 Å². The van der Waals surface area contributed by atoms with Crippen LogP contribution in [-0.2, 0) is 15.7 Å². The molecule has 1 saturated heterocycles. The van der Waals surface area contributed by atoms with Gasteiger partial charge in [-0.25, -0.2) is 19.2 Å². The van der Waals surface area contributed by atoms with E-state index in [4.69, 9.17) is 9.47 Å². The zero-order valence-corrected chi connectivity index (χ0v) is 28.5. The van der Waals surface area contributed by atoms with Crippen molar-refractivity contribution < 1.29 is 36.4 Å². The predicted octanol–water partition coefficient (Wildman–Crippen LogP) is 6.30. The molecule has 2 aromatic heterocycles. The number of hydrogen-bond donors (Lipinski definition) is 1. The SMILES string of the molecule is COc1nc(P(C)(C)=O)cnc1N(C(=O)OCC#Cc1sc2c(N[C@@H]3CCN(C)C[C@@H]3F)cccc2c1CC(F)(F)F)C(C)(C)C.